The number of hydrogen-bond donors (Lipinski definition) is 13. The van der Waals surface area contributed by atoms with Gasteiger partial charge in [0.1, 0.15) is 35.9 Å². The first-order valence-electron chi connectivity index (χ1n) is 23.7. The number of hydrogen-bond acceptors (Lipinski definition) is 12. The van der Waals surface area contributed by atoms with Crippen LogP contribution in [0.15, 0.2) is 75.9 Å². The van der Waals surface area contributed by atoms with Crippen LogP contribution in [0.3, 0.4) is 0 Å². The molecule has 402 valence electrons. The van der Waals surface area contributed by atoms with E-state index in [-0.39, 0.29) is 68.4 Å². The zero-order valence-electron chi connectivity index (χ0n) is 42.1. The second-order valence-corrected chi connectivity index (χ2v) is 17.5. The lowest BCUT2D eigenvalue weighted by Crippen LogP contribution is -2.56. The Kier molecular flexibility index (Phi) is 26.4. The van der Waals surface area contributed by atoms with Gasteiger partial charge in [0.05, 0.1) is 24.5 Å². The molecule has 25 heteroatoms. The first-order valence-corrected chi connectivity index (χ1v) is 23.7. The Hall–Kier alpha value is -7.83. The number of carbonyl (C=O) groups excluding carboxylic acids is 7. The largest absolute Gasteiger partial charge is 0.480 e. The Morgan fingerprint density at radius 1 is 0.767 bits per heavy atom. The number of ether oxygens (including phenoxy) is 1. The highest BCUT2D eigenvalue weighted by molar-refractivity contribution is 6.00. The molecule has 0 bridgehead atoms. The zero-order chi connectivity index (χ0) is 54.8. The molecule has 25 nitrogen and oxygen atoms in total. The summed E-state index contributed by atoms with van der Waals surface area (Å²) >= 11 is 0. The molecule has 1 saturated heterocycles. The Morgan fingerprint density at radius 3 is 1.88 bits per heavy atom. The van der Waals surface area contributed by atoms with Crippen LogP contribution in [0.4, 0.5) is 0 Å². The lowest BCUT2D eigenvalue weighted by atomic mass is 9.94. The van der Waals surface area contributed by atoms with Gasteiger partial charge in [0, 0.05) is 32.5 Å². The molecule has 7 amide bonds. The molecule has 1 aliphatic rings. The van der Waals surface area contributed by atoms with Gasteiger partial charge in [-0.3, -0.25) is 43.5 Å². The minimum atomic E-state index is -1.91. The van der Waals surface area contributed by atoms with Crippen molar-refractivity contribution in [1.29, 1.82) is 0 Å². The highest BCUT2D eigenvalue weighted by atomic mass is 16.5. The molecule has 4 unspecified atom stereocenters. The van der Waals surface area contributed by atoms with Crippen LogP contribution in [0.1, 0.15) is 85.1 Å². The number of carboxylic acids is 2. The van der Waals surface area contributed by atoms with Crippen molar-refractivity contribution in [3.63, 3.8) is 0 Å². The first kappa shape index (κ1) is 61.3. The van der Waals surface area contributed by atoms with Gasteiger partial charge in [0.15, 0.2) is 11.9 Å². The van der Waals surface area contributed by atoms with Gasteiger partial charge in [0.2, 0.25) is 35.4 Å². The molecule has 0 radical (unpaired) electrons. The SMILES string of the molecule is CC=C1NC(=O)CC[C@H](C(=O)O)NC(=O)C(C)C(/C=C/C(C)=C/C(C)C(Cc2ccccc2)OC)NC(=O)[C@H](CCCN=C(N)N)NC(=O)C[C@H](C(=O)O)NC(=O)[C@H](CCCN=C(N)N)NC(=O)[C@@H](C)NC1=O. The van der Waals surface area contributed by atoms with E-state index in [9.17, 15) is 53.4 Å². The summed E-state index contributed by atoms with van der Waals surface area (Å²) in [5, 5.41) is 37.5. The first-order chi connectivity index (χ1) is 34.4. The van der Waals surface area contributed by atoms with Gasteiger partial charge in [-0.05, 0) is 64.9 Å². The van der Waals surface area contributed by atoms with Crippen molar-refractivity contribution < 1.29 is 58.1 Å². The maximum absolute atomic E-state index is 14.3. The van der Waals surface area contributed by atoms with Crippen molar-refractivity contribution in [2.24, 2.45) is 44.8 Å². The van der Waals surface area contributed by atoms with Gasteiger partial charge in [-0.15, -0.1) is 0 Å². The highest BCUT2D eigenvalue weighted by Crippen LogP contribution is 2.18. The van der Waals surface area contributed by atoms with Gasteiger partial charge in [-0.2, -0.15) is 0 Å². The average molecular weight is 1020 g/mol. The number of nitrogens with one attached hydrogen (secondary N) is 7. The van der Waals surface area contributed by atoms with Crippen LogP contribution in [-0.4, -0.2) is 138 Å². The minimum absolute atomic E-state index is 0.00238. The van der Waals surface area contributed by atoms with Crippen LogP contribution in [0, 0.1) is 11.8 Å². The predicted octanol–water partition coefficient (Wildman–Crippen LogP) is -1.57. The van der Waals surface area contributed by atoms with Crippen molar-refractivity contribution >= 4 is 65.2 Å². The monoisotopic (exact) mass is 1020 g/mol. The van der Waals surface area contributed by atoms with Gasteiger partial charge in [0.25, 0.3) is 5.91 Å². The number of amides is 7. The third-order valence-corrected chi connectivity index (χ3v) is 11.5. The number of carbonyl (C=O) groups is 9. The fraction of sp³-hybridized carbons (Fsp3) is 0.521. The molecule has 73 heavy (non-hydrogen) atoms. The molecule has 1 aliphatic heterocycles. The van der Waals surface area contributed by atoms with Gasteiger partial charge < -0.3 is 75.1 Å². The van der Waals surface area contributed by atoms with E-state index < -0.39 is 115 Å². The van der Waals surface area contributed by atoms with Crippen LogP contribution >= 0.6 is 0 Å². The summed E-state index contributed by atoms with van der Waals surface area (Å²) in [5.41, 5.74) is 23.3. The average Bonchev–Trinajstić information content (AvgIpc) is 3.33. The molecule has 17 N–H and O–H groups in total. The van der Waals surface area contributed by atoms with Crippen molar-refractivity contribution in [3.05, 3.63) is 71.5 Å². The van der Waals surface area contributed by atoms with E-state index in [4.69, 9.17) is 27.7 Å². The molecule has 1 aromatic rings. The van der Waals surface area contributed by atoms with Crippen molar-refractivity contribution in [2.75, 3.05) is 20.2 Å². The number of methoxy groups -OCH3 is 1. The summed E-state index contributed by atoms with van der Waals surface area (Å²) in [6, 6.07) is 0.758. The van der Waals surface area contributed by atoms with Crippen molar-refractivity contribution in [2.45, 2.75) is 128 Å². The lowest BCUT2D eigenvalue weighted by Gasteiger charge is -2.27. The summed E-state index contributed by atoms with van der Waals surface area (Å²) in [5.74, 6) is -11.4. The number of benzene rings is 1. The van der Waals surface area contributed by atoms with E-state index in [1.807, 2.05) is 43.3 Å². The second-order valence-electron chi connectivity index (χ2n) is 17.5. The number of guanidine groups is 2. The Bertz CT molecular complexity index is 2240. The maximum atomic E-state index is 14.3. The minimum Gasteiger partial charge on any atom is -0.480 e. The highest BCUT2D eigenvalue weighted by Gasteiger charge is 2.34. The number of aliphatic carboxylic acids is 2. The molecule has 0 aliphatic carbocycles. The maximum Gasteiger partial charge on any atom is 0.326 e. The molecular formula is C48H73N13O12. The summed E-state index contributed by atoms with van der Waals surface area (Å²) in [7, 11) is 1.60. The van der Waals surface area contributed by atoms with Crippen LogP contribution in [0.5, 0.6) is 0 Å². The van der Waals surface area contributed by atoms with Crippen LogP contribution < -0.4 is 60.2 Å². The molecule has 1 aromatic carbocycles. The predicted molar refractivity (Wildman–Crippen MR) is 270 cm³/mol. The molecule has 9 atom stereocenters. The fourth-order valence-electron chi connectivity index (χ4n) is 7.33. The van der Waals surface area contributed by atoms with Crippen molar-refractivity contribution in [1.82, 2.24) is 37.2 Å². The van der Waals surface area contributed by atoms with Gasteiger partial charge in [-0.1, -0.05) is 74.1 Å². The van der Waals surface area contributed by atoms with Gasteiger partial charge >= 0.3 is 11.9 Å². The number of rotatable bonds is 17. The number of nitrogens with two attached hydrogens (primary N) is 4. The van der Waals surface area contributed by atoms with E-state index in [2.05, 4.69) is 47.2 Å². The van der Waals surface area contributed by atoms with Crippen LogP contribution in [-0.2, 0) is 54.3 Å². The van der Waals surface area contributed by atoms with Gasteiger partial charge in [-0.25, -0.2) is 9.59 Å². The molecule has 1 heterocycles. The Labute approximate surface area is 424 Å². The molecule has 1 fully saturated rings. The standard InChI is InChI=1S/C48H73N13O12/c1-7-31-42(66)55-29(5)41(65)59-34(16-12-22-54-48(51)52)44(68)61-36(46(71)72)25-39(63)57-33(15-11-21-53-47(49)50)43(67)58-32(28(4)40(64)60-35(45(69)70)19-20-38(62)56-31)18-17-26(2)23-27(3)37(73-6)24-30-13-9-8-10-14-30/h7-10,13-14,17-18,23,27-29,32-37H,11-12,15-16,19-22,24-25H2,1-6H3,(H,55,66)(H,56,62)(H,57,63)(H,58,67)(H,59,65)(H,60,64)(H,61,68)(H,69,70)(H,71,72)(H4,49,50,53)(H4,51,52,54)/b18-17+,26-23+,31-7?/t27?,28?,29-,32?,33+,34+,35-,36-,37?/m1/s1. The normalized spacial score (nSPS) is 24.1. The molecular weight excluding hydrogens is 951 g/mol. The third-order valence-electron chi connectivity index (χ3n) is 11.5. The fourth-order valence-corrected chi connectivity index (χ4v) is 7.33. The van der Waals surface area contributed by atoms with Crippen LogP contribution in [0.25, 0.3) is 0 Å². The molecule has 0 aromatic heterocycles. The van der Waals surface area contributed by atoms with E-state index in [0.29, 0.717) is 12.0 Å². The smallest absolute Gasteiger partial charge is 0.326 e. The summed E-state index contributed by atoms with van der Waals surface area (Å²) < 4.78 is 5.81. The molecule has 2 rings (SSSR count). The third kappa shape index (κ3) is 22.9. The Morgan fingerprint density at radius 2 is 1.33 bits per heavy atom. The lowest BCUT2D eigenvalue weighted by molar-refractivity contribution is -0.144. The van der Waals surface area contributed by atoms with E-state index in [1.54, 1.807) is 20.1 Å². The van der Waals surface area contributed by atoms with E-state index >= 15 is 0 Å². The molecule has 0 saturated carbocycles. The summed E-state index contributed by atoms with van der Waals surface area (Å²) in [6.45, 7) is 7.86. The number of carboxylic acid groups (broad SMARTS) is 2. The molecule has 0 spiro atoms. The van der Waals surface area contributed by atoms with E-state index in [0.717, 1.165) is 5.56 Å². The summed E-state index contributed by atoms with van der Waals surface area (Å²) in [4.78, 5) is 128. The quantitative estimate of drug-likeness (QED) is 0.0276. The van der Waals surface area contributed by atoms with E-state index in [1.165, 1.54) is 32.9 Å². The second kappa shape index (κ2) is 31.5. The number of aliphatic imine (C=N–C) groups is 2. The zero-order valence-corrected chi connectivity index (χ0v) is 42.1. The number of allylic oxidation sites excluding steroid dienone is 3. The van der Waals surface area contributed by atoms with Crippen molar-refractivity contribution in [3.8, 4) is 0 Å². The Balaban J connectivity index is 2.69. The summed E-state index contributed by atoms with van der Waals surface area (Å²) in [6.07, 6.45) is 4.77. The number of nitrogens with zero attached hydrogens (tertiary/aromatic N) is 2. The topological polar surface area (TPSA) is 416 Å². The van der Waals surface area contributed by atoms with Crippen LogP contribution in [0.2, 0.25) is 0 Å².